The minimum atomic E-state index is 0.226. The van der Waals surface area contributed by atoms with E-state index >= 15 is 0 Å². The molecule has 5 aliphatic rings. The van der Waals surface area contributed by atoms with Crippen LogP contribution in [-0.4, -0.2) is 78.1 Å². The van der Waals surface area contributed by atoms with Crippen LogP contribution in [0.5, 0.6) is 0 Å². The molecule has 134 valence electrons. The van der Waals surface area contributed by atoms with Crippen molar-refractivity contribution in [2.45, 2.75) is 63.1 Å². The standard InChI is InChI=1S/C19H32N4O/c24-19(20-16-7-10-21-8-3-2-6-18(16)21)23-12-14-11-22-9-4-1-5-17(22)15(14)13-23/h14-18H,1-13H2,(H,20,24)/t14-,15-,16+,17-,18+/m0/s1. The minimum Gasteiger partial charge on any atom is -0.334 e. The largest absolute Gasteiger partial charge is 0.334 e. The lowest BCUT2D eigenvalue weighted by molar-refractivity contribution is 0.149. The van der Waals surface area contributed by atoms with Crippen LogP contribution in [-0.2, 0) is 0 Å². The summed E-state index contributed by atoms with van der Waals surface area (Å²) in [6.07, 6.45) is 9.20. The highest BCUT2D eigenvalue weighted by Gasteiger charge is 2.48. The number of piperidine rings is 2. The van der Waals surface area contributed by atoms with Crippen molar-refractivity contribution in [3.63, 3.8) is 0 Å². The van der Waals surface area contributed by atoms with E-state index in [4.69, 9.17) is 0 Å². The van der Waals surface area contributed by atoms with Crippen LogP contribution in [0.2, 0.25) is 0 Å². The molecular weight excluding hydrogens is 300 g/mol. The minimum absolute atomic E-state index is 0.226. The van der Waals surface area contributed by atoms with Crippen molar-refractivity contribution in [1.82, 2.24) is 20.0 Å². The lowest BCUT2D eigenvalue weighted by Crippen LogP contribution is -2.51. The number of hydrogen-bond donors (Lipinski definition) is 1. The van der Waals surface area contributed by atoms with Crippen LogP contribution in [0.15, 0.2) is 0 Å². The highest BCUT2D eigenvalue weighted by Crippen LogP contribution is 2.40. The molecule has 5 atom stereocenters. The van der Waals surface area contributed by atoms with E-state index in [2.05, 4.69) is 20.0 Å². The van der Waals surface area contributed by atoms with Crippen molar-refractivity contribution in [3.05, 3.63) is 0 Å². The molecule has 5 heteroatoms. The first-order valence-corrected chi connectivity index (χ1v) is 10.3. The molecule has 0 aromatic heterocycles. The summed E-state index contributed by atoms with van der Waals surface area (Å²) in [5.41, 5.74) is 0. The fraction of sp³-hybridized carbons (Fsp3) is 0.947. The highest BCUT2D eigenvalue weighted by molar-refractivity contribution is 5.75. The fourth-order valence-electron chi connectivity index (χ4n) is 6.39. The Kier molecular flexibility index (Phi) is 3.97. The van der Waals surface area contributed by atoms with Crippen LogP contribution < -0.4 is 5.32 Å². The molecule has 0 unspecified atom stereocenters. The van der Waals surface area contributed by atoms with Gasteiger partial charge in [-0.1, -0.05) is 12.8 Å². The van der Waals surface area contributed by atoms with Crippen LogP contribution in [0.3, 0.4) is 0 Å². The maximum atomic E-state index is 12.8. The maximum Gasteiger partial charge on any atom is 0.317 e. The summed E-state index contributed by atoms with van der Waals surface area (Å²) in [7, 11) is 0. The molecule has 5 aliphatic heterocycles. The molecule has 24 heavy (non-hydrogen) atoms. The lowest BCUT2D eigenvalue weighted by atomic mass is 9.90. The van der Waals surface area contributed by atoms with E-state index in [9.17, 15) is 4.79 Å². The number of carbonyl (C=O) groups excluding carboxylic acids is 1. The predicted octanol–water partition coefficient (Wildman–Crippen LogP) is 1.74. The van der Waals surface area contributed by atoms with Crippen LogP contribution in [0.1, 0.15) is 44.9 Å². The number of likely N-dealkylation sites (tertiary alicyclic amines) is 1. The zero-order valence-corrected chi connectivity index (χ0v) is 14.8. The summed E-state index contributed by atoms with van der Waals surface area (Å²) in [5, 5.41) is 3.41. The van der Waals surface area contributed by atoms with Crippen LogP contribution in [0.4, 0.5) is 4.79 Å². The molecule has 0 saturated carbocycles. The van der Waals surface area contributed by atoms with Gasteiger partial charge in [-0.2, -0.15) is 0 Å². The zero-order valence-electron chi connectivity index (χ0n) is 14.8. The van der Waals surface area contributed by atoms with Gasteiger partial charge in [0, 0.05) is 44.3 Å². The molecule has 1 N–H and O–H groups in total. The van der Waals surface area contributed by atoms with E-state index < -0.39 is 0 Å². The summed E-state index contributed by atoms with van der Waals surface area (Å²) in [4.78, 5) is 20.3. The Morgan fingerprint density at radius 1 is 0.792 bits per heavy atom. The Balaban J connectivity index is 1.19. The van der Waals surface area contributed by atoms with Crippen LogP contribution >= 0.6 is 0 Å². The van der Waals surface area contributed by atoms with Gasteiger partial charge in [0.05, 0.1) is 0 Å². The zero-order chi connectivity index (χ0) is 16.1. The number of carbonyl (C=O) groups is 1. The molecule has 0 radical (unpaired) electrons. The van der Waals surface area contributed by atoms with Crippen molar-refractivity contribution in [1.29, 1.82) is 0 Å². The summed E-state index contributed by atoms with van der Waals surface area (Å²) in [5.74, 6) is 1.47. The summed E-state index contributed by atoms with van der Waals surface area (Å²) in [6, 6.07) is 1.99. The quantitative estimate of drug-likeness (QED) is 0.795. The maximum absolute atomic E-state index is 12.8. The van der Waals surface area contributed by atoms with Gasteiger partial charge in [0.1, 0.15) is 0 Å². The van der Waals surface area contributed by atoms with Crippen molar-refractivity contribution in [3.8, 4) is 0 Å². The number of nitrogens with one attached hydrogen (secondary N) is 1. The van der Waals surface area contributed by atoms with E-state index in [0.717, 1.165) is 37.4 Å². The Bertz CT molecular complexity index is 498. The molecule has 5 fully saturated rings. The number of urea groups is 1. The monoisotopic (exact) mass is 332 g/mol. The molecule has 0 spiro atoms. The van der Waals surface area contributed by atoms with Crippen molar-refractivity contribution in [2.75, 3.05) is 39.3 Å². The van der Waals surface area contributed by atoms with Gasteiger partial charge in [-0.25, -0.2) is 4.79 Å². The van der Waals surface area contributed by atoms with Crippen LogP contribution in [0.25, 0.3) is 0 Å². The van der Waals surface area contributed by atoms with Gasteiger partial charge in [0.2, 0.25) is 0 Å². The van der Waals surface area contributed by atoms with E-state index in [1.54, 1.807) is 0 Å². The van der Waals surface area contributed by atoms with Gasteiger partial charge < -0.3 is 10.2 Å². The third-order valence-electron chi connectivity index (χ3n) is 7.57. The summed E-state index contributed by atoms with van der Waals surface area (Å²) >= 11 is 0. The average Bonchev–Trinajstić information content (AvgIpc) is 3.27. The van der Waals surface area contributed by atoms with Gasteiger partial charge in [0.15, 0.2) is 0 Å². The SMILES string of the molecule is O=C(N[C@@H]1CCN2CCCC[C@H]12)N1C[C@@H]2CN3CCCC[C@H]3[C@H]2C1. The topological polar surface area (TPSA) is 38.8 Å². The average molecular weight is 332 g/mol. The summed E-state index contributed by atoms with van der Waals surface area (Å²) in [6.45, 7) is 6.94. The van der Waals surface area contributed by atoms with Gasteiger partial charge >= 0.3 is 6.03 Å². The smallest absolute Gasteiger partial charge is 0.317 e. The fourth-order valence-corrected chi connectivity index (χ4v) is 6.39. The Hall–Kier alpha value is -0.810. The van der Waals surface area contributed by atoms with Gasteiger partial charge in [-0.15, -0.1) is 0 Å². The van der Waals surface area contributed by atoms with Crippen LogP contribution in [0, 0.1) is 11.8 Å². The van der Waals surface area contributed by atoms with Gasteiger partial charge in [0.25, 0.3) is 0 Å². The second-order valence-corrected chi connectivity index (χ2v) is 8.83. The van der Waals surface area contributed by atoms with Crippen molar-refractivity contribution < 1.29 is 4.79 Å². The third-order valence-corrected chi connectivity index (χ3v) is 7.57. The van der Waals surface area contributed by atoms with E-state index in [1.807, 2.05) is 0 Å². The predicted molar refractivity (Wildman–Crippen MR) is 93.9 cm³/mol. The molecule has 0 bridgehead atoms. The first kappa shape index (κ1) is 15.4. The molecule has 0 aliphatic carbocycles. The molecule has 0 aromatic rings. The lowest BCUT2D eigenvalue weighted by Gasteiger charge is -2.34. The van der Waals surface area contributed by atoms with E-state index in [1.165, 1.54) is 64.7 Å². The molecule has 5 rings (SSSR count). The van der Waals surface area contributed by atoms with Crippen molar-refractivity contribution >= 4 is 6.03 Å². The third kappa shape index (κ3) is 2.55. The number of fused-ring (bicyclic) bond motifs is 4. The number of hydrogen-bond acceptors (Lipinski definition) is 3. The first-order valence-electron chi connectivity index (χ1n) is 10.3. The second-order valence-electron chi connectivity index (χ2n) is 8.83. The van der Waals surface area contributed by atoms with E-state index in [-0.39, 0.29) is 6.03 Å². The Labute approximate surface area is 145 Å². The van der Waals surface area contributed by atoms with Crippen molar-refractivity contribution in [2.24, 2.45) is 11.8 Å². The highest BCUT2D eigenvalue weighted by atomic mass is 16.2. The molecule has 5 nitrogen and oxygen atoms in total. The Morgan fingerprint density at radius 2 is 1.58 bits per heavy atom. The van der Waals surface area contributed by atoms with Gasteiger partial charge in [-0.05, 0) is 57.0 Å². The normalized spacial score (nSPS) is 42.7. The van der Waals surface area contributed by atoms with Gasteiger partial charge in [-0.3, -0.25) is 9.80 Å². The number of nitrogens with zero attached hydrogens (tertiary/aromatic N) is 3. The first-order chi connectivity index (χ1) is 11.8. The Morgan fingerprint density at radius 3 is 2.46 bits per heavy atom. The molecule has 5 heterocycles. The summed E-state index contributed by atoms with van der Waals surface area (Å²) < 4.78 is 0. The molecule has 5 saturated heterocycles. The molecule has 2 amide bonds. The molecule has 0 aromatic carbocycles. The number of rotatable bonds is 1. The second kappa shape index (κ2) is 6.17. The molecular formula is C19H32N4O. The number of amides is 2. The van der Waals surface area contributed by atoms with E-state index in [0.29, 0.717) is 12.1 Å².